The first-order valence-corrected chi connectivity index (χ1v) is 9.90. The van der Waals surface area contributed by atoms with Crippen molar-refractivity contribution in [2.24, 2.45) is 0 Å². The largest absolute Gasteiger partial charge is 0.480 e. The lowest BCUT2D eigenvalue weighted by Crippen LogP contribution is -2.39. The quantitative estimate of drug-likeness (QED) is 0.650. The second-order valence-electron chi connectivity index (χ2n) is 6.71. The number of ether oxygens (including phenoxy) is 1. The lowest BCUT2D eigenvalue weighted by Gasteiger charge is -2.33. The Morgan fingerprint density at radius 2 is 2.24 bits per heavy atom. The van der Waals surface area contributed by atoms with Gasteiger partial charge in [-0.2, -0.15) is 0 Å². The molecule has 1 saturated heterocycles. The van der Waals surface area contributed by atoms with Crippen LogP contribution in [0.1, 0.15) is 46.0 Å². The van der Waals surface area contributed by atoms with Crippen LogP contribution in [-0.4, -0.2) is 42.6 Å². The van der Waals surface area contributed by atoms with Gasteiger partial charge in [-0.1, -0.05) is 6.42 Å². The van der Waals surface area contributed by atoms with Crippen molar-refractivity contribution >= 4 is 21.8 Å². The molecule has 140 valence electrons. The number of rotatable bonds is 8. The number of hydrogen-bond donors (Lipinski definition) is 1. The molecule has 1 heterocycles. The van der Waals surface area contributed by atoms with Crippen LogP contribution in [-0.2, 0) is 4.79 Å². The van der Waals surface area contributed by atoms with Crippen LogP contribution in [0.2, 0.25) is 0 Å². The number of piperidine rings is 1. The van der Waals surface area contributed by atoms with E-state index in [9.17, 15) is 9.18 Å². The summed E-state index contributed by atoms with van der Waals surface area (Å²) >= 11 is 3.24. The molecule has 1 aliphatic heterocycles. The van der Waals surface area contributed by atoms with E-state index in [1.54, 1.807) is 6.92 Å². The second-order valence-corrected chi connectivity index (χ2v) is 7.57. The van der Waals surface area contributed by atoms with Gasteiger partial charge in [-0.15, -0.1) is 0 Å². The van der Waals surface area contributed by atoms with Crippen LogP contribution in [0.5, 0.6) is 5.75 Å². The summed E-state index contributed by atoms with van der Waals surface area (Å²) in [5.41, 5.74) is 0. The van der Waals surface area contributed by atoms with Crippen LogP contribution in [0, 0.1) is 5.82 Å². The maximum atomic E-state index is 13.1. The number of hydrogen-bond acceptors (Lipinski definition) is 3. The molecule has 0 bridgehead atoms. The molecular formula is C19H28BrFN2O2. The van der Waals surface area contributed by atoms with Gasteiger partial charge in [0.15, 0.2) is 6.10 Å². The highest BCUT2D eigenvalue weighted by Crippen LogP contribution is 2.26. The van der Waals surface area contributed by atoms with Crippen LogP contribution in [0.3, 0.4) is 0 Å². The number of amides is 1. The van der Waals surface area contributed by atoms with Crippen molar-refractivity contribution < 1.29 is 13.9 Å². The lowest BCUT2D eigenvalue weighted by atomic mass is 10.0. The molecule has 0 radical (unpaired) electrons. The molecule has 4 nitrogen and oxygen atoms in total. The first kappa shape index (κ1) is 20.2. The number of benzene rings is 1. The van der Waals surface area contributed by atoms with E-state index in [4.69, 9.17) is 4.74 Å². The molecule has 1 amide bonds. The second kappa shape index (κ2) is 10.1. The highest BCUT2D eigenvalue weighted by molar-refractivity contribution is 9.10. The summed E-state index contributed by atoms with van der Waals surface area (Å²) < 4.78 is 19.2. The van der Waals surface area contributed by atoms with E-state index in [2.05, 4.69) is 33.1 Å². The van der Waals surface area contributed by atoms with Crippen LogP contribution < -0.4 is 10.1 Å². The summed E-state index contributed by atoms with van der Waals surface area (Å²) in [4.78, 5) is 14.7. The van der Waals surface area contributed by atoms with E-state index < -0.39 is 6.10 Å². The Morgan fingerprint density at radius 3 is 2.96 bits per heavy atom. The van der Waals surface area contributed by atoms with Crippen LogP contribution in [0.15, 0.2) is 22.7 Å². The summed E-state index contributed by atoms with van der Waals surface area (Å²) in [5, 5.41) is 2.91. The highest BCUT2D eigenvalue weighted by atomic mass is 79.9. The fraction of sp³-hybridized carbons (Fsp3) is 0.632. The van der Waals surface area contributed by atoms with E-state index >= 15 is 0 Å². The zero-order chi connectivity index (χ0) is 18.2. The van der Waals surface area contributed by atoms with E-state index in [1.807, 2.05) is 0 Å². The fourth-order valence-electron chi connectivity index (χ4n) is 3.10. The molecule has 6 heteroatoms. The van der Waals surface area contributed by atoms with Gasteiger partial charge in [0.2, 0.25) is 0 Å². The monoisotopic (exact) mass is 414 g/mol. The molecule has 1 aromatic carbocycles. The Bertz CT molecular complexity index is 570. The van der Waals surface area contributed by atoms with Crippen molar-refractivity contribution in [2.75, 3.05) is 19.6 Å². The van der Waals surface area contributed by atoms with E-state index in [0.717, 1.165) is 19.4 Å². The first-order valence-electron chi connectivity index (χ1n) is 9.11. The number of halogens is 2. The van der Waals surface area contributed by atoms with Crippen molar-refractivity contribution in [1.29, 1.82) is 0 Å². The van der Waals surface area contributed by atoms with Crippen molar-refractivity contribution in [1.82, 2.24) is 10.2 Å². The van der Waals surface area contributed by atoms with Gasteiger partial charge in [-0.05, 0) is 86.7 Å². The molecule has 1 aliphatic rings. The molecule has 2 atom stereocenters. The van der Waals surface area contributed by atoms with Gasteiger partial charge in [0, 0.05) is 12.6 Å². The minimum atomic E-state index is -0.621. The third-order valence-electron chi connectivity index (χ3n) is 4.68. The highest BCUT2D eigenvalue weighted by Gasteiger charge is 2.18. The zero-order valence-corrected chi connectivity index (χ0v) is 16.6. The van der Waals surface area contributed by atoms with E-state index in [0.29, 0.717) is 22.8 Å². The molecule has 0 saturated carbocycles. The normalized spacial score (nSPS) is 19.4. The number of carbonyl (C=O) groups is 1. The van der Waals surface area contributed by atoms with Gasteiger partial charge in [0.1, 0.15) is 11.6 Å². The Labute approximate surface area is 158 Å². The SMILES string of the molecule is C[C@H](Oc1ccc(F)cc1Br)C(=O)NCCCCN1CCCC[C@H]1C. The van der Waals surface area contributed by atoms with Crippen LogP contribution >= 0.6 is 15.9 Å². The molecular weight excluding hydrogens is 387 g/mol. The summed E-state index contributed by atoms with van der Waals surface area (Å²) in [6.45, 7) is 6.95. The van der Waals surface area contributed by atoms with E-state index in [1.165, 1.54) is 44.0 Å². The van der Waals surface area contributed by atoms with Crippen LogP contribution in [0.4, 0.5) is 4.39 Å². The zero-order valence-electron chi connectivity index (χ0n) is 15.1. The molecule has 0 aliphatic carbocycles. The summed E-state index contributed by atoms with van der Waals surface area (Å²) in [7, 11) is 0. The van der Waals surface area contributed by atoms with Gasteiger partial charge in [0.25, 0.3) is 5.91 Å². The molecule has 2 rings (SSSR count). The summed E-state index contributed by atoms with van der Waals surface area (Å²) in [6.07, 6.45) is 5.37. The lowest BCUT2D eigenvalue weighted by molar-refractivity contribution is -0.127. The number of nitrogens with one attached hydrogen (secondary N) is 1. The average Bonchev–Trinajstić information content (AvgIpc) is 2.58. The van der Waals surface area contributed by atoms with Gasteiger partial charge in [0.05, 0.1) is 4.47 Å². The minimum Gasteiger partial charge on any atom is -0.480 e. The molecule has 0 unspecified atom stereocenters. The maximum Gasteiger partial charge on any atom is 0.260 e. The van der Waals surface area contributed by atoms with Crippen molar-refractivity contribution in [3.63, 3.8) is 0 Å². The maximum absolute atomic E-state index is 13.1. The van der Waals surface area contributed by atoms with Crippen molar-refractivity contribution in [3.8, 4) is 5.75 Å². The Hall–Kier alpha value is -1.14. The number of unbranched alkanes of at least 4 members (excludes halogenated alkanes) is 1. The standard InChI is InChI=1S/C19H28BrFN2O2/c1-14-7-3-5-11-23(14)12-6-4-10-22-19(24)15(2)25-18-9-8-16(21)13-17(18)20/h8-9,13-15H,3-7,10-12H2,1-2H3,(H,22,24)/t14-,15+/m1/s1. The predicted octanol–water partition coefficient (Wildman–Crippen LogP) is 4.13. The van der Waals surface area contributed by atoms with Crippen molar-refractivity contribution in [2.45, 2.75) is 58.1 Å². The molecule has 0 aromatic heterocycles. The van der Waals surface area contributed by atoms with Gasteiger partial charge >= 0.3 is 0 Å². The number of nitrogens with zero attached hydrogens (tertiary/aromatic N) is 1. The third-order valence-corrected chi connectivity index (χ3v) is 5.30. The van der Waals surface area contributed by atoms with E-state index in [-0.39, 0.29) is 11.7 Å². The third kappa shape index (κ3) is 6.59. The average molecular weight is 415 g/mol. The first-order chi connectivity index (χ1) is 12.0. The molecule has 25 heavy (non-hydrogen) atoms. The Morgan fingerprint density at radius 1 is 1.44 bits per heavy atom. The minimum absolute atomic E-state index is 0.150. The Kier molecular flexibility index (Phi) is 8.16. The molecule has 1 N–H and O–H groups in total. The summed E-state index contributed by atoms with van der Waals surface area (Å²) in [6, 6.07) is 4.84. The van der Waals surface area contributed by atoms with Crippen molar-refractivity contribution in [3.05, 3.63) is 28.5 Å². The fourth-order valence-corrected chi connectivity index (χ4v) is 3.54. The van der Waals surface area contributed by atoms with Gasteiger partial charge < -0.3 is 15.0 Å². The van der Waals surface area contributed by atoms with Gasteiger partial charge in [-0.3, -0.25) is 4.79 Å². The topological polar surface area (TPSA) is 41.6 Å². The number of likely N-dealkylation sites (tertiary alicyclic amines) is 1. The predicted molar refractivity (Wildman–Crippen MR) is 101 cm³/mol. The van der Waals surface area contributed by atoms with Crippen LogP contribution in [0.25, 0.3) is 0 Å². The molecule has 1 fully saturated rings. The summed E-state index contributed by atoms with van der Waals surface area (Å²) in [5.74, 6) is -0.0370. The number of carbonyl (C=O) groups excluding carboxylic acids is 1. The smallest absolute Gasteiger partial charge is 0.260 e. The van der Waals surface area contributed by atoms with Gasteiger partial charge in [-0.25, -0.2) is 4.39 Å². The Balaban J connectivity index is 1.64. The molecule has 0 spiro atoms. The molecule has 1 aromatic rings.